The molecule has 7 rings (SSSR count). The fraction of sp³-hybridized carbons (Fsp3) is 0.548. The second-order valence-electron chi connectivity index (χ2n) is 13.2. The molecule has 2 N–H and O–H groups in total. The predicted molar refractivity (Wildman–Crippen MR) is 148 cm³/mol. The van der Waals surface area contributed by atoms with E-state index in [2.05, 4.69) is 31.4 Å². The van der Waals surface area contributed by atoms with Gasteiger partial charge in [0.25, 0.3) is 5.91 Å². The molecule has 1 aliphatic heterocycles. The van der Waals surface area contributed by atoms with E-state index in [0.717, 1.165) is 36.1 Å². The number of amides is 2. The number of aryl methyl sites for hydroxylation is 1. The number of nitrogens with one attached hydrogen (secondary N) is 2. The lowest BCUT2D eigenvalue weighted by Crippen LogP contribution is -2.65. The van der Waals surface area contributed by atoms with Gasteiger partial charge in [-0.15, -0.1) is 0 Å². The van der Waals surface area contributed by atoms with E-state index in [-0.39, 0.29) is 11.5 Å². The van der Waals surface area contributed by atoms with Crippen molar-refractivity contribution in [3.63, 3.8) is 0 Å². The number of hydrogen-bond acceptors (Lipinski definition) is 4. The summed E-state index contributed by atoms with van der Waals surface area (Å²) in [5.41, 5.74) is -1.01. The molecule has 4 aliphatic carbocycles. The molecule has 5 fully saturated rings. The van der Waals surface area contributed by atoms with Crippen molar-refractivity contribution < 1.29 is 32.1 Å². The van der Waals surface area contributed by atoms with Crippen LogP contribution in [0.1, 0.15) is 73.5 Å². The minimum Gasteiger partial charge on any atom is -0.404 e. The molecule has 5 atom stereocenters. The molecular weight excluding hydrogens is 532 g/mol. The number of halogens is 3. The van der Waals surface area contributed by atoms with Crippen molar-refractivity contribution in [2.45, 2.75) is 89.2 Å². The largest absolute Gasteiger partial charge is 0.482 e. The van der Waals surface area contributed by atoms with Crippen molar-refractivity contribution in [2.75, 3.05) is 0 Å². The van der Waals surface area contributed by atoms with Crippen molar-refractivity contribution in [3.8, 4) is 0 Å². The van der Waals surface area contributed by atoms with Crippen LogP contribution < -0.4 is 10.6 Å². The highest BCUT2D eigenvalue weighted by atomic mass is 19.4. The minimum absolute atomic E-state index is 0.0739. The Labute approximate surface area is 238 Å². The molecule has 2 bridgehead atoms. The molecule has 0 radical (unpaired) electrons. The van der Waals surface area contributed by atoms with Gasteiger partial charge in [-0.1, -0.05) is 55.8 Å². The first-order chi connectivity index (χ1) is 19.2. The van der Waals surface area contributed by atoms with Crippen LogP contribution in [0.5, 0.6) is 0 Å². The molecule has 41 heavy (non-hydrogen) atoms. The van der Waals surface area contributed by atoms with Gasteiger partial charge in [0.1, 0.15) is 5.54 Å². The van der Waals surface area contributed by atoms with E-state index >= 15 is 0 Å². The van der Waals surface area contributed by atoms with Gasteiger partial charge in [-0.3, -0.25) is 9.59 Å². The molecule has 2 amide bonds. The van der Waals surface area contributed by atoms with E-state index < -0.39 is 53.3 Å². The molecule has 1 saturated heterocycles. The second-order valence-corrected chi connectivity index (χ2v) is 13.2. The Bertz CT molecular complexity index is 1360. The zero-order chi connectivity index (χ0) is 29.4. The van der Waals surface area contributed by atoms with Crippen molar-refractivity contribution >= 4 is 18.9 Å². The second kappa shape index (κ2) is 9.59. The smallest absolute Gasteiger partial charge is 0.404 e. The van der Waals surface area contributed by atoms with Crippen LogP contribution >= 0.6 is 0 Å². The molecule has 10 heteroatoms. The van der Waals surface area contributed by atoms with Gasteiger partial charge < -0.3 is 19.9 Å². The molecule has 5 aliphatic rings. The highest BCUT2D eigenvalue weighted by Gasteiger charge is 2.68. The molecule has 1 heterocycles. The Kier molecular flexibility index (Phi) is 6.62. The van der Waals surface area contributed by atoms with E-state index in [1.807, 2.05) is 31.2 Å². The molecule has 0 spiro atoms. The van der Waals surface area contributed by atoms with Crippen molar-refractivity contribution in [3.05, 3.63) is 70.8 Å². The van der Waals surface area contributed by atoms with Crippen LogP contribution in [0.3, 0.4) is 0 Å². The predicted octanol–water partition coefficient (Wildman–Crippen LogP) is 5.27. The minimum atomic E-state index is -4.69. The maximum Gasteiger partial charge on any atom is 0.482 e. The summed E-state index contributed by atoms with van der Waals surface area (Å²) >= 11 is 0. The zero-order valence-corrected chi connectivity index (χ0v) is 23.8. The van der Waals surface area contributed by atoms with E-state index in [1.165, 1.54) is 12.1 Å². The van der Waals surface area contributed by atoms with Crippen molar-refractivity contribution in [2.24, 2.45) is 17.3 Å². The van der Waals surface area contributed by atoms with Crippen LogP contribution in [-0.2, 0) is 26.7 Å². The third-order valence-electron chi connectivity index (χ3n) is 10.2. The maximum absolute atomic E-state index is 13.7. The molecule has 218 valence electrons. The topological polar surface area (TPSA) is 76.7 Å². The van der Waals surface area contributed by atoms with E-state index in [0.29, 0.717) is 31.1 Å². The summed E-state index contributed by atoms with van der Waals surface area (Å²) in [4.78, 5) is 26.7. The number of carbonyl (C=O) groups is 2. The molecule has 0 unspecified atom stereocenters. The van der Waals surface area contributed by atoms with Crippen LogP contribution in [0.4, 0.5) is 13.2 Å². The number of benzene rings is 2. The first kappa shape index (κ1) is 28.3. The Morgan fingerprint density at radius 1 is 1.05 bits per heavy atom. The van der Waals surface area contributed by atoms with Gasteiger partial charge in [-0.05, 0) is 80.9 Å². The summed E-state index contributed by atoms with van der Waals surface area (Å²) in [5, 5.41) is 5.69. The summed E-state index contributed by atoms with van der Waals surface area (Å²) in [6.07, 6.45) is -1.65. The number of alkyl halides is 3. The van der Waals surface area contributed by atoms with Gasteiger partial charge in [0.2, 0.25) is 5.91 Å². The number of rotatable bonds is 7. The van der Waals surface area contributed by atoms with Gasteiger partial charge in [-0.25, -0.2) is 0 Å². The standard InChI is InChI=1S/C31H36BF3N2O4/c1-18-9-11-19(12-10-18)15-25(32-40-24-17-20-16-23(28(20,2)3)29(24,4)41-32)36-27(39)30(13-14-30)37-26(38)21-7-5-6-8-22(21)31(33,34)35/h5-12,20,23-25H,13-17H2,1-4H3,(H,36,39)(H,37,38)/t20-,23-,24+,25-,29-/m0/s1. The van der Waals surface area contributed by atoms with Crippen LogP contribution in [0.25, 0.3) is 0 Å². The van der Waals surface area contributed by atoms with Gasteiger partial charge in [0, 0.05) is 0 Å². The van der Waals surface area contributed by atoms with Crippen LogP contribution in [0.2, 0.25) is 0 Å². The SMILES string of the molecule is Cc1ccc(C[C@H](NC(=O)C2(NC(=O)c3ccccc3C(F)(F)F)CC2)B2O[C@@H]3C[C@@H]4C[C@@H](C4(C)C)[C@]3(C)O2)cc1. The summed E-state index contributed by atoms with van der Waals surface area (Å²) in [5.74, 6) is -0.992. The number of carbonyl (C=O) groups excluding carboxylic acids is 2. The van der Waals surface area contributed by atoms with Crippen molar-refractivity contribution in [1.29, 1.82) is 0 Å². The van der Waals surface area contributed by atoms with Crippen LogP contribution in [0, 0.1) is 24.2 Å². The van der Waals surface area contributed by atoms with Crippen LogP contribution in [0.15, 0.2) is 48.5 Å². The van der Waals surface area contributed by atoms with E-state index in [9.17, 15) is 22.8 Å². The average Bonchev–Trinajstić information content (AvgIpc) is 3.60. The molecule has 4 saturated carbocycles. The van der Waals surface area contributed by atoms with Crippen LogP contribution in [-0.4, -0.2) is 42.1 Å². The monoisotopic (exact) mass is 568 g/mol. The summed E-state index contributed by atoms with van der Waals surface area (Å²) in [6.45, 7) is 8.69. The van der Waals surface area contributed by atoms with Gasteiger partial charge in [0.15, 0.2) is 0 Å². The molecule has 2 aromatic rings. The molecule has 2 aromatic carbocycles. The van der Waals surface area contributed by atoms with Gasteiger partial charge in [-0.2, -0.15) is 13.2 Å². The molecular formula is C31H36BF3N2O4. The third-order valence-corrected chi connectivity index (χ3v) is 10.2. The third kappa shape index (κ3) is 4.86. The highest BCUT2D eigenvalue weighted by Crippen LogP contribution is 2.65. The normalized spacial score (nSPS) is 29.6. The zero-order valence-electron chi connectivity index (χ0n) is 23.8. The summed E-state index contributed by atoms with van der Waals surface area (Å²) in [6, 6.07) is 12.6. The summed E-state index contributed by atoms with van der Waals surface area (Å²) < 4.78 is 53.8. The first-order valence-electron chi connectivity index (χ1n) is 14.4. The van der Waals surface area contributed by atoms with Crippen molar-refractivity contribution in [1.82, 2.24) is 10.6 Å². The Balaban J connectivity index is 1.22. The van der Waals surface area contributed by atoms with E-state index in [4.69, 9.17) is 9.31 Å². The first-order valence-corrected chi connectivity index (χ1v) is 14.4. The fourth-order valence-electron chi connectivity index (χ4n) is 7.32. The fourth-order valence-corrected chi connectivity index (χ4v) is 7.32. The molecule has 6 nitrogen and oxygen atoms in total. The van der Waals surface area contributed by atoms with Gasteiger partial charge >= 0.3 is 13.3 Å². The number of hydrogen-bond donors (Lipinski definition) is 2. The Morgan fingerprint density at radius 3 is 2.37 bits per heavy atom. The lowest BCUT2D eigenvalue weighted by molar-refractivity contribution is -0.199. The maximum atomic E-state index is 13.7. The quantitative estimate of drug-likeness (QED) is 0.447. The van der Waals surface area contributed by atoms with Gasteiger partial charge in [0.05, 0.1) is 28.8 Å². The molecule has 0 aromatic heterocycles. The lowest BCUT2D eigenvalue weighted by Gasteiger charge is -2.64. The van der Waals surface area contributed by atoms with E-state index in [1.54, 1.807) is 0 Å². The summed E-state index contributed by atoms with van der Waals surface area (Å²) in [7, 11) is -0.692. The lowest BCUT2D eigenvalue weighted by atomic mass is 9.43. The Hall–Kier alpha value is -2.85. The highest BCUT2D eigenvalue weighted by molar-refractivity contribution is 6.48. The Morgan fingerprint density at radius 2 is 1.73 bits per heavy atom. The average molecular weight is 568 g/mol.